The molecule has 132 valence electrons. The van der Waals surface area contributed by atoms with Crippen molar-refractivity contribution in [3.8, 4) is 5.75 Å². The normalized spacial score (nSPS) is 16.3. The Balaban J connectivity index is 0.00000208. The first-order valence-electron chi connectivity index (χ1n) is 7.77. The highest BCUT2D eigenvalue weighted by molar-refractivity contribution is 6.31. The van der Waals surface area contributed by atoms with E-state index in [1.807, 2.05) is 0 Å². The number of piperidine rings is 1. The Morgan fingerprint density at radius 1 is 1.42 bits per heavy atom. The number of hydrogen-bond acceptors (Lipinski definition) is 4. The second-order valence-electron chi connectivity index (χ2n) is 6.15. The SMILES string of the molecule is CC(C)N1CCC(Oc2cc3cc(C(=O)O)[nH]c3nc2Cl)CC1.Cl. The van der Waals surface area contributed by atoms with Crippen LogP contribution in [0.3, 0.4) is 0 Å². The monoisotopic (exact) mass is 373 g/mol. The highest BCUT2D eigenvalue weighted by atomic mass is 35.5. The van der Waals surface area contributed by atoms with Crippen molar-refractivity contribution < 1.29 is 14.6 Å². The first kappa shape index (κ1) is 18.8. The number of aromatic amines is 1. The summed E-state index contributed by atoms with van der Waals surface area (Å²) in [6, 6.07) is 3.84. The van der Waals surface area contributed by atoms with Gasteiger partial charge in [0, 0.05) is 24.5 Å². The number of carbonyl (C=O) groups is 1. The maximum absolute atomic E-state index is 11.0. The van der Waals surface area contributed by atoms with Crippen LogP contribution in [-0.4, -0.2) is 51.2 Å². The Morgan fingerprint density at radius 2 is 2.08 bits per heavy atom. The van der Waals surface area contributed by atoms with Crippen LogP contribution in [0, 0.1) is 0 Å². The summed E-state index contributed by atoms with van der Waals surface area (Å²) in [6.45, 7) is 6.40. The summed E-state index contributed by atoms with van der Waals surface area (Å²) < 4.78 is 6.01. The van der Waals surface area contributed by atoms with Gasteiger partial charge in [-0.1, -0.05) is 11.6 Å². The number of carboxylic acid groups (broad SMARTS) is 1. The largest absolute Gasteiger partial charge is 0.487 e. The number of rotatable bonds is 4. The Morgan fingerprint density at radius 3 is 2.67 bits per heavy atom. The number of ether oxygens (including phenoxy) is 1. The fourth-order valence-electron chi connectivity index (χ4n) is 2.90. The first-order valence-corrected chi connectivity index (χ1v) is 8.15. The Labute approximate surface area is 151 Å². The molecule has 1 saturated heterocycles. The number of aromatic carboxylic acids is 1. The molecule has 1 aliphatic heterocycles. The fourth-order valence-corrected chi connectivity index (χ4v) is 3.09. The van der Waals surface area contributed by atoms with Crippen molar-refractivity contribution in [1.29, 1.82) is 0 Å². The molecule has 0 atom stereocenters. The van der Waals surface area contributed by atoms with Gasteiger partial charge in [-0.2, -0.15) is 0 Å². The number of pyridine rings is 1. The molecule has 2 N–H and O–H groups in total. The molecule has 8 heteroatoms. The number of carboxylic acids is 1. The smallest absolute Gasteiger partial charge is 0.352 e. The molecule has 0 aromatic carbocycles. The van der Waals surface area contributed by atoms with E-state index in [0.29, 0.717) is 22.8 Å². The third-order valence-corrected chi connectivity index (χ3v) is 4.53. The van der Waals surface area contributed by atoms with Crippen molar-refractivity contribution >= 4 is 41.0 Å². The Kier molecular flexibility index (Phi) is 5.96. The van der Waals surface area contributed by atoms with Crippen LogP contribution in [0.2, 0.25) is 5.15 Å². The number of fused-ring (bicyclic) bond motifs is 1. The standard InChI is InChI=1S/C16H20ClN3O3.ClH/c1-9(2)20-5-3-11(4-6-20)23-13-8-10-7-12(16(21)22)18-15(10)19-14(13)17;/h7-9,11H,3-6H2,1-2H3,(H,18,19)(H,21,22);1H. The van der Waals surface area contributed by atoms with Crippen LogP contribution in [0.4, 0.5) is 0 Å². The van der Waals surface area contributed by atoms with Crippen LogP contribution in [0.25, 0.3) is 11.0 Å². The maximum atomic E-state index is 11.0. The highest BCUT2D eigenvalue weighted by Crippen LogP contribution is 2.30. The van der Waals surface area contributed by atoms with Crippen molar-refractivity contribution in [3.63, 3.8) is 0 Å². The summed E-state index contributed by atoms with van der Waals surface area (Å²) in [5.41, 5.74) is 0.542. The minimum atomic E-state index is -1.03. The van der Waals surface area contributed by atoms with Gasteiger partial charge < -0.3 is 19.7 Å². The van der Waals surface area contributed by atoms with Crippen LogP contribution in [0.5, 0.6) is 5.75 Å². The van der Waals surface area contributed by atoms with Crippen LogP contribution < -0.4 is 4.74 Å². The van der Waals surface area contributed by atoms with Gasteiger partial charge >= 0.3 is 5.97 Å². The molecule has 1 aliphatic rings. The number of nitrogens with one attached hydrogen (secondary N) is 1. The van der Waals surface area contributed by atoms with Gasteiger partial charge in [0.05, 0.1) is 0 Å². The zero-order valence-electron chi connectivity index (χ0n) is 13.6. The molecule has 0 radical (unpaired) electrons. The van der Waals surface area contributed by atoms with Crippen LogP contribution in [0.1, 0.15) is 37.2 Å². The molecule has 2 aromatic rings. The zero-order valence-corrected chi connectivity index (χ0v) is 15.2. The maximum Gasteiger partial charge on any atom is 0.352 e. The van der Waals surface area contributed by atoms with Gasteiger partial charge in [-0.3, -0.25) is 0 Å². The van der Waals surface area contributed by atoms with Crippen LogP contribution in [-0.2, 0) is 0 Å². The van der Waals surface area contributed by atoms with Gasteiger partial charge in [-0.05, 0) is 38.8 Å². The van der Waals surface area contributed by atoms with E-state index in [1.165, 1.54) is 6.07 Å². The van der Waals surface area contributed by atoms with Gasteiger partial charge in [0.25, 0.3) is 0 Å². The number of likely N-dealkylation sites (tertiary alicyclic amines) is 1. The van der Waals surface area contributed by atoms with Crippen molar-refractivity contribution in [2.24, 2.45) is 0 Å². The van der Waals surface area contributed by atoms with Gasteiger partial charge in [-0.15, -0.1) is 12.4 Å². The van der Waals surface area contributed by atoms with Crippen molar-refractivity contribution in [2.75, 3.05) is 13.1 Å². The molecule has 0 saturated carbocycles. The molecule has 0 bridgehead atoms. The molecule has 1 fully saturated rings. The summed E-state index contributed by atoms with van der Waals surface area (Å²) in [7, 11) is 0. The lowest BCUT2D eigenvalue weighted by molar-refractivity contribution is 0.0691. The molecule has 0 aliphatic carbocycles. The second kappa shape index (κ2) is 7.59. The van der Waals surface area contributed by atoms with Gasteiger partial charge in [0.2, 0.25) is 0 Å². The van der Waals surface area contributed by atoms with Crippen LogP contribution in [0.15, 0.2) is 12.1 Å². The predicted octanol–water partition coefficient (Wildman–Crippen LogP) is 3.59. The van der Waals surface area contributed by atoms with Gasteiger partial charge in [-0.25, -0.2) is 9.78 Å². The molecule has 2 aromatic heterocycles. The first-order chi connectivity index (χ1) is 10.9. The molecule has 24 heavy (non-hydrogen) atoms. The molecule has 6 nitrogen and oxygen atoms in total. The van der Waals surface area contributed by atoms with E-state index in [0.717, 1.165) is 25.9 Å². The van der Waals surface area contributed by atoms with E-state index in [4.69, 9.17) is 21.4 Å². The average Bonchev–Trinajstić information content (AvgIpc) is 2.91. The predicted molar refractivity (Wildman–Crippen MR) is 95.7 cm³/mol. The van der Waals surface area contributed by atoms with E-state index in [9.17, 15) is 4.79 Å². The van der Waals surface area contributed by atoms with Crippen molar-refractivity contribution in [3.05, 3.63) is 23.0 Å². The summed E-state index contributed by atoms with van der Waals surface area (Å²) >= 11 is 6.18. The molecular weight excluding hydrogens is 353 g/mol. The number of halogens is 2. The lowest BCUT2D eigenvalue weighted by atomic mass is 10.1. The topological polar surface area (TPSA) is 78.5 Å². The fraction of sp³-hybridized carbons (Fsp3) is 0.500. The second-order valence-corrected chi connectivity index (χ2v) is 6.51. The molecule has 3 heterocycles. The molecular formula is C16H21Cl2N3O3. The Hall–Kier alpha value is -1.50. The number of aromatic nitrogens is 2. The summed E-state index contributed by atoms with van der Waals surface area (Å²) in [5.74, 6) is -0.513. The van der Waals surface area contributed by atoms with Gasteiger partial charge in [0.1, 0.15) is 17.4 Å². The number of nitrogens with zero attached hydrogens (tertiary/aromatic N) is 2. The van der Waals surface area contributed by atoms with E-state index in [1.54, 1.807) is 6.07 Å². The minimum Gasteiger partial charge on any atom is -0.487 e. The average molecular weight is 374 g/mol. The van der Waals surface area contributed by atoms with Crippen molar-refractivity contribution in [2.45, 2.75) is 38.8 Å². The number of hydrogen-bond donors (Lipinski definition) is 2. The zero-order chi connectivity index (χ0) is 16.6. The summed E-state index contributed by atoms with van der Waals surface area (Å²) in [5, 5.41) is 9.96. The van der Waals surface area contributed by atoms with E-state index in [2.05, 4.69) is 28.7 Å². The number of H-pyrrole nitrogens is 1. The minimum absolute atomic E-state index is 0. The molecule has 0 amide bonds. The van der Waals surface area contributed by atoms with E-state index >= 15 is 0 Å². The third-order valence-electron chi connectivity index (χ3n) is 4.26. The van der Waals surface area contributed by atoms with Crippen LogP contribution >= 0.6 is 24.0 Å². The van der Waals surface area contributed by atoms with E-state index < -0.39 is 5.97 Å². The molecule has 3 rings (SSSR count). The third kappa shape index (κ3) is 3.94. The summed E-state index contributed by atoms with van der Waals surface area (Å²) in [6.07, 6.45) is 2.00. The Bertz CT molecular complexity index is 725. The molecule has 0 unspecified atom stereocenters. The molecule has 0 spiro atoms. The highest BCUT2D eigenvalue weighted by Gasteiger charge is 2.23. The lowest BCUT2D eigenvalue weighted by Gasteiger charge is -2.34. The quantitative estimate of drug-likeness (QED) is 0.800. The summed E-state index contributed by atoms with van der Waals surface area (Å²) in [4.78, 5) is 20.4. The van der Waals surface area contributed by atoms with Crippen molar-refractivity contribution in [1.82, 2.24) is 14.9 Å². The van der Waals surface area contributed by atoms with E-state index in [-0.39, 0.29) is 29.4 Å². The van der Waals surface area contributed by atoms with Gasteiger partial charge in [0.15, 0.2) is 10.9 Å². The lowest BCUT2D eigenvalue weighted by Crippen LogP contribution is -2.41.